The Morgan fingerprint density at radius 2 is 2.15 bits per heavy atom. The Morgan fingerprint density at radius 3 is 2.70 bits per heavy atom. The van der Waals surface area contributed by atoms with Crippen LogP contribution in [0.1, 0.15) is 18.9 Å². The van der Waals surface area contributed by atoms with Gasteiger partial charge in [-0.1, -0.05) is 0 Å². The molecule has 0 aromatic heterocycles. The monoisotopic (exact) mass is 278 g/mol. The van der Waals surface area contributed by atoms with Crippen LogP contribution in [0.15, 0.2) is 18.2 Å². The van der Waals surface area contributed by atoms with Crippen LogP contribution in [0.5, 0.6) is 5.75 Å². The number of carboxylic acids is 1. The number of hydrogen-bond donors (Lipinski definition) is 2. The lowest BCUT2D eigenvalue weighted by Crippen LogP contribution is -2.50. The van der Waals surface area contributed by atoms with Gasteiger partial charge in [-0.15, -0.1) is 0 Å². The van der Waals surface area contributed by atoms with Crippen LogP contribution in [0, 0.1) is 0 Å². The molecule has 1 aromatic carbocycles. The first-order valence-electron chi connectivity index (χ1n) is 6.35. The van der Waals surface area contributed by atoms with Crippen molar-refractivity contribution in [3.05, 3.63) is 23.8 Å². The van der Waals surface area contributed by atoms with Crippen LogP contribution >= 0.6 is 0 Å². The molecule has 6 heteroatoms. The van der Waals surface area contributed by atoms with E-state index in [0.29, 0.717) is 17.0 Å². The number of carbonyl (C=O) groups excluding carboxylic acids is 1. The van der Waals surface area contributed by atoms with Crippen molar-refractivity contribution in [1.29, 1.82) is 0 Å². The molecule has 1 aromatic rings. The molecular formula is C14H18N2O4. The van der Waals surface area contributed by atoms with Gasteiger partial charge < -0.3 is 20.5 Å². The molecule has 1 atom stereocenters. The summed E-state index contributed by atoms with van der Waals surface area (Å²) in [4.78, 5) is 24.7. The van der Waals surface area contributed by atoms with E-state index in [4.69, 9.17) is 10.5 Å². The number of anilines is 1. The second-order valence-electron chi connectivity index (χ2n) is 5.05. The minimum atomic E-state index is -1.37. The fourth-order valence-corrected chi connectivity index (χ4v) is 2.46. The van der Waals surface area contributed by atoms with Crippen molar-refractivity contribution in [2.45, 2.75) is 25.3 Å². The Hall–Kier alpha value is -2.08. The Bertz CT molecular complexity index is 558. The summed E-state index contributed by atoms with van der Waals surface area (Å²) in [5.41, 5.74) is 6.03. The lowest BCUT2D eigenvalue weighted by Gasteiger charge is -2.23. The zero-order chi connectivity index (χ0) is 14.9. The first-order valence-corrected chi connectivity index (χ1v) is 6.35. The van der Waals surface area contributed by atoms with E-state index in [1.807, 2.05) is 0 Å². The van der Waals surface area contributed by atoms with Crippen LogP contribution in [0.3, 0.4) is 0 Å². The Morgan fingerprint density at radius 1 is 1.45 bits per heavy atom. The van der Waals surface area contributed by atoms with Crippen LogP contribution in [0.4, 0.5) is 5.69 Å². The number of hydrogen-bond acceptors (Lipinski definition) is 4. The second kappa shape index (κ2) is 5.13. The van der Waals surface area contributed by atoms with E-state index in [1.165, 1.54) is 14.0 Å². The molecule has 108 valence electrons. The number of rotatable bonds is 2. The van der Waals surface area contributed by atoms with E-state index in [1.54, 1.807) is 23.1 Å². The van der Waals surface area contributed by atoms with Gasteiger partial charge in [0.1, 0.15) is 11.3 Å². The highest BCUT2D eigenvalue weighted by molar-refractivity contribution is 5.93. The average molecular weight is 278 g/mol. The van der Waals surface area contributed by atoms with Crippen molar-refractivity contribution in [2.24, 2.45) is 5.73 Å². The first-order chi connectivity index (χ1) is 9.37. The number of nitrogens with two attached hydrogens (primary N) is 1. The highest BCUT2D eigenvalue weighted by Gasteiger charge is 2.38. The van der Waals surface area contributed by atoms with Gasteiger partial charge in [-0.25, -0.2) is 0 Å². The lowest BCUT2D eigenvalue weighted by atomic mass is 9.89. The second-order valence-corrected chi connectivity index (χ2v) is 5.05. The van der Waals surface area contributed by atoms with Crippen molar-refractivity contribution >= 4 is 17.6 Å². The van der Waals surface area contributed by atoms with Crippen molar-refractivity contribution in [2.75, 3.05) is 18.6 Å². The molecule has 3 N–H and O–H groups in total. The molecule has 1 aliphatic heterocycles. The van der Waals surface area contributed by atoms with E-state index in [-0.39, 0.29) is 25.3 Å². The number of aliphatic carboxylic acids is 1. The fraction of sp³-hybridized carbons (Fsp3) is 0.429. The molecule has 1 heterocycles. The van der Waals surface area contributed by atoms with E-state index < -0.39 is 11.5 Å². The summed E-state index contributed by atoms with van der Waals surface area (Å²) >= 11 is 0. The molecule has 6 nitrogen and oxygen atoms in total. The van der Waals surface area contributed by atoms with Gasteiger partial charge >= 0.3 is 5.97 Å². The van der Waals surface area contributed by atoms with Gasteiger partial charge in [-0.05, 0) is 30.2 Å². The number of carboxylic acid groups (broad SMARTS) is 1. The van der Waals surface area contributed by atoms with Gasteiger partial charge in [0.2, 0.25) is 5.91 Å². The normalized spacial score (nSPS) is 21.9. The summed E-state index contributed by atoms with van der Waals surface area (Å²) in [7, 11) is 1.54. The Labute approximate surface area is 117 Å². The van der Waals surface area contributed by atoms with Crippen LogP contribution in [-0.2, 0) is 16.0 Å². The third-order valence-corrected chi connectivity index (χ3v) is 3.67. The number of nitrogens with zero attached hydrogens (tertiary/aromatic N) is 1. The van der Waals surface area contributed by atoms with Crippen LogP contribution < -0.4 is 15.4 Å². The molecular weight excluding hydrogens is 260 g/mol. The number of methoxy groups -OCH3 is 1. The zero-order valence-electron chi connectivity index (χ0n) is 11.5. The SMILES string of the molecule is COc1ccc2c(c1)CC(N)(C(=O)O)CCN2C(C)=O. The highest BCUT2D eigenvalue weighted by Crippen LogP contribution is 2.33. The molecule has 0 saturated carbocycles. The lowest BCUT2D eigenvalue weighted by molar-refractivity contribution is -0.143. The molecule has 1 amide bonds. The maximum absolute atomic E-state index is 11.8. The predicted octanol–water partition coefficient (Wildman–Crippen LogP) is 0.776. The molecule has 0 radical (unpaired) electrons. The Balaban J connectivity index is 2.53. The molecule has 0 spiro atoms. The minimum Gasteiger partial charge on any atom is -0.497 e. The average Bonchev–Trinajstić information content (AvgIpc) is 2.54. The molecule has 1 unspecified atom stereocenters. The van der Waals surface area contributed by atoms with E-state index >= 15 is 0 Å². The van der Waals surface area contributed by atoms with Gasteiger partial charge in [0.25, 0.3) is 0 Å². The number of amides is 1. The number of fused-ring (bicyclic) bond motifs is 1. The topological polar surface area (TPSA) is 92.9 Å². The summed E-state index contributed by atoms with van der Waals surface area (Å²) in [6.07, 6.45) is 0.373. The maximum atomic E-state index is 11.8. The van der Waals surface area contributed by atoms with Gasteiger partial charge in [0, 0.05) is 25.6 Å². The van der Waals surface area contributed by atoms with Crippen LogP contribution in [-0.4, -0.2) is 36.2 Å². The molecule has 0 saturated heterocycles. The molecule has 0 fully saturated rings. The zero-order valence-corrected chi connectivity index (χ0v) is 11.5. The van der Waals surface area contributed by atoms with E-state index in [9.17, 15) is 14.7 Å². The predicted molar refractivity (Wildman–Crippen MR) is 73.9 cm³/mol. The van der Waals surface area contributed by atoms with Gasteiger partial charge in [0.05, 0.1) is 7.11 Å². The molecule has 2 rings (SSSR count). The van der Waals surface area contributed by atoms with Gasteiger partial charge in [-0.2, -0.15) is 0 Å². The van der Waals surface area contributed by atoms with E-state index in [2.05, 4.69) is 0 Å². The van der Waals surface area contributed by atoms with Gasteiger partial charge in [-0.3, -0.25) is 9.59 Å². The van der Waals surface area contributed by atoms with Crippen molar-refractivity contribution in [1.82, 2.24) is 0 Å². The molecule has 1 aliphatic rings. The number of ether oxygens (including phenoxy) is 1. The molecule has 20 heavy (non-hydrogen) atoms. The summed E-state index contributed by atoms with van der Waals surface area (Å²) in [5.74, 6) is -0.579. The largest absolute Gasteiger partial charge is 0.497 e. The van der Waals surface area contributed by atoms with E-state index in [0.717, 1.165) is 0 Å². The van der Waals surface area contributed by atoms with Crippen molar-refractivity contribution < 1.29 is 19.4 Å². The number of benzene rings is 1. The standard InChI is InChI=1S/C14H18N2O4/c1-9(17)16-6-5-14(15,13(18)19)8-10-7-11(20-2)3-4-12(10)16/h3-4,7H,5-6,8,15H2,1-2H3,(H,18,19). The van der Waals surface area contributed by atoms with Gasteiger partial charge in [0.15, 0.2) is 0 Å². The third-order valence-electron chi connectivity index (χ3n) is 3.67. The van der Waals surface area contributed by atoms with Crippen LogP contribution in [0.2, 0.25) is 0 Å². The molecule has 0 aliphatic carbocycles. The van der Waals surface area contributed by atoms with Crippen LogP contribution in [0.25, 0.3) is 0 Å². The summed E-state index contributed by atoms with van der Waals surface area (Å²) in [5, 5.41) is 9.34. The number of carbonyl (C=O) groups is 2. The minimum absolute atomic E-state index is 0.133. The van der Waals surface area contributed by atoms with Crippen molar-refractivity contribution in [3.8, 4) is 5.75 Å². The highest BCUT2D eigenvalue weighted by atomic mass is 16.5. The Kier molecular flexibility index (Phi) is 3.67. The van der Waals surface area contributed by atoms with Crippen molar-refractivity contribution in [3.63, 3.8) is 0 Å². The first kappa shape index (κ1) is 14.3. The fourth-order valence-electron chi connectivity index (χ4n) is 2.46. The quantitative estimate of drug-likeness (QED) is 0.833. The summed E-state index contributed by atoms with van der Waals surface area (Å²) in [6, 6.07) is 5.25. The third kappa shape index (κ3) is 2.46. The summed E-state index contributed by atoms with van der Waals surface area (Å²) in [6.45, 7) is 1.75. The maximum Gasteiger partial charge on any atom is 0.324 e. The summed E-state index contributed by atoms with van der Waals surface area (Å²) < 4.78 is 5.15. The molecule has 0 bridgehead atoms. The smallest absolute Gasteiger partial charge is 0.324 e.